The molecule has 0 amide bonds. The van der Waals surface area contributed by atoms with Crippen LogP contribution in [0.3, 0.4) is 0 Å². The number of rotatable bonds is 3. The number of hydrogen-bond acceptors (Lipinski definition) is 4. The number of hydrogen-bond donors (Lipinski definition) is 1. The minimum absolute atomic E-state index is 0.384. The van der Waals surface area contributed by atoms with Crippen molar-refractivity contribution >= 4 is 17.2 Å². The molecule has 2 heterocycles. The summed E-state index contributed by atoms with van der Waals surface area (Å²) in [4.78, 5) is 8.42. The highest BCUT2D eigenvalue weighted by Gasteiger charge is 2.02. The highest BCUT2D eigenvalue weighted by molar-refractivity contribution is 7.08. The van der Waals surface area contributed by atoms with E-state index in [2.05, 4.69) is 40.6 Å². The maximum Gasteiger partial charge on any atom is 0.130 e. The van der Waals surface area contributed by atoms with Crippen LogP contribution in [0.5, 0.6) is 0 Å². The van der Waals surface area contributed by atoms with Crippen LogP contribution in [-0.4, -0.2) is 16.0 Å². The number of thiophene rings is 1. The Morgan fingerprint density at radius 2 is 2.20 bits per heavy atom. The Morgan fingerprint density at radius 3 is 2.87 bits per heavy atom. The molecule has 0 saturated carbocycles. The number of nitrogens with zero attached hydrogens (tertiary/aromatic N) is 2. The molecule has 2 rings (SSSR count). The molecule has 0 saturated heterocycles. The average molecular weight is 219 g/mol. The fourth-order valence-corrected chi connectivity index (χ4v) is 1.95. The molecule has 0 aliphatic heterocycles. The Balaban J connectivity index is 2.27. The smallest absolute Gasteiger partial charge is 0.130 e. The van der Waals surface area contributed by atoms with Crippen molar-refractivity contribution in [3.63, 3.8) is 0 Å². The molecule has 0 spiro atoms. The zero-order valence-corrected chi connectivity index (χ0v) is 9.58. The molecular formula is C11H13N3S. The van der Waals surface area contributed by atoms with Crippen LogP contribution in [0.15, 0.2) is 29.2 Å². The van der Waals surface area contributed by atoms with Crippen LogP contribution < -0.4 is 5.32 Å². The molecule has 15 heavy (non-hydrogen) atoms. The highest BCUT2D eigenvalue weighted by Crippen LogP contribution is 2.21. The molecule has 2 aromatic rings. The largest absolute Gasteiger partial charge is 0.368 e. The second-order valence-electron chi connectivity index (χ2n) is 3.60. The van der Waals surface area contributed by atoms with Crippen LogP contribution in [0.25, 0.3) is 11.3 Å². The molecule has 0 bridgehead atoms. The highest BCUT2D eigenvalue weighted by atomic mass is 32.1. The second kappa shape index (κ2) is 4.40. The quantitative estimate of drug-likeness (QED) is 0.862. The Kier molecular flexibility index (Phi) is 2.97. The fourth-order valence-electron chi connectivity index (χ4n) is 1.30. The third-order valence-electron chi connectivity index (χ3n) is 1.92. The summed E-state index contributed by atoms with van der Waals surface area (Å²) in [5.74, 6) is 0.876. The van der Waals surface area contributed by atoms with Gasteiger partial charge in [0.15, 0.2) is 0 Å². The Bertz CT molecular complexity index is 423. The predicted molar refractivity (Wildman–Crippen MR) is 64.1 cm³/mol. The summed E-state index contributed by atoms with van der Waals surface area (Å²) in [6.07, 6.45) is 1.59. The topological polar surface area (TPSA) is 37.8 Å². The van der Waals surface area contributed by atoms with Crippen LogP contribution in [-0.2, 0) is 0 Å². The van der Waals surface area contributed by atoms with Crippen LogP contribution in [0.2, 0.25) is 0 Å². The van der Waals surface area contributed by atoms with Gasteiger partial charge in [0, 0.05) is 23.1 Å². The summed E-state index contributed by atoms with van der Waals surface area (Å²) in [6.45, 7) is 4.18. The van der Waals surface area contributed by atoms with E-state index in [4.69, 9.17) is 0 Å². The Labute approximate surface area is 93.2 Å². The standard InChI is InChI=1S/C11H13N3S/c1-8(2)14-11-5-10(12-7-13-11)9-3-4-15-6-9/h3-8H,1-2H3,(H,12,13,14). The van der Waals surface area contributed by atoms with Crippen molar-refractivity contribution in [1.29, 1.82) is 0 Å². The molecule has 0 unspecified atom stereocenters. The van der Waals surface area contributed by atoms with Gasteiger partial charge in [-0.2, -0.15) is 11.3 Å². The van der Waals surface area contributed by atoms with Gasteiger partial charge in [-0.3, -0.25) is 0 Å². The van der Waals surface area contributed by atoms with Crippen molar-refractivity contribution in [3.05, 3.63) is 29.2 Å². The van der Waals surface area contributed by atoms with Crippen molar-refractivity contribution in [2.75, 3.05) is 5.32 Å². The minimum atomic E-state index is 0.384. The summed E-state index contributed by atoms with van der Waals surface area (Å²) < 4.78 is 0. The summed E-state index contributed by atoms with van der Waals surface area (Å²) in [6, 6.07) is 4.42. The van der Waals surface area contributed by atoms with Crippen molar-refractivity contribution in [2.24, 2.45) is 0 Å². The summed E-state index contributed by atoms with van der Waals surface area (Å²) in [7, 11) is 0. The Hall–Kier alpha value is -1.42. The molecule has 0 aromatic carbocycles. The van der Waals surface area contributed by atoms with Gasteiger partial charge in [0.2, 0.25) is 0 Å². The van der Waals surface area contributed by atoms with E-state index in [-0.39, 0.29) is 0 Å². The van der Waals surface area contributed by atoms with Gasteiger partial charge in [0.1, 0.15) is 12.1 Å². The lowest BCUT2D eigenvalue weighted by Gasteiger charge is -2.08. The molecule has 0 aliphatic rings. The van der Waals surface area contributed by atoms with E-state index in [0.717, 1.165) is 17.1 Å². The first kappa shape index (κ1) is 10.1. The molecule has 1 N–H and O–H groups in total. The summed E-state index contributed by atoms with van der Waals surface area (Å²) >= 11 is 1.67. The SMILES string of the molecule is CC(C)Nc1cc(-c2ccsc2)ncn1. The lowest BCUT2D eigenvalue weighted by molar-refractivity contribution is 0.886. The van der Waals surface area contributed by atoms with Gasteiger partial charge in [-0.1, -0.05) is 0 Å². The predicted octanol–water partition coefficient (Wildman–Crippen LogP) is 3.03. The molecule has 0 atom stereocenters. The van der Waals surface area contributed by atoms with E-state index in [9.17, 15) is 0 Å². The van der Waals surface area contributed by atoms with E-state index in [1.165, 1.54) is 0 Å². The van der Waals surface area contributed by atoms with Crippen molar-refractivity contribution in [1.82, 2.24) is 9.97 Å². The van der Waals surface area contributed by atoms with Gasteiger partial charge in [0.25, 0.3) is 0 Å². The summed E-state index contributed by atoms with van der Waals surface area (Å²) in [5, 5.41) is 7.39. The van der Waals surface area contributed by atoms with Crippen molar-refractivity contribution in [2.45, 2.75) is 19.9 Å². The normalized spacial score (nSPS) is 10.6. The van der Waals surface area contributed by atoms with Gasteiger partial charge in [-0.05, 0) is 25.3 Å². The van der Waals surface area contributed by atoms with Gasteiger partial charge in [0.05, 0.1) is 5.69 Å². The van der Waals surface area contributed by atoms with Crippen LogP contribution in [0.1, 0.15) is 13.8 Å². The van der Waals surface area contributed by atoms with E-state index in [1.807, 2.05) is 11.4 Å². The van der Waals surface area contributed by atoms with Crippen LogP contribution in [0.4, 0.5) is 5.82 Å². The first-order valence-electron chi connectivity index (χ1n) is 4.87. The number of nitrogens with one attached hydrogen (secondary N) is 1. The molecule has 78 valence electrons. The first-order valence-corrected chi connectivity index (χ1v) is 5.81. The molecule has 0 aliphatic carbocycles. The van der Waals surface area contributed by atoms with Gasteiger partial charge in [-0.25, -0.2) is 9.97 Å². The minimum Gasteiger partial charge on any atom is -0.368 e. The van der Waals surface area contributed by atoms with Gasteiger partial charge in [-0.15, -0.1) is 0 Å². The molecular weight excluding hydrogens is 206 g/mol. The third-order valence-corrected chi connectivity index (χ3v) is 2.60. The van der Waals surface area contributed by atoms with Gasteiger partial charge >= 0.3 is 0 Å². The van der Waals surface area contributed by atoms with E-state index in [1.54, 1.807) is 17.7 Å². The van der Waals surface area contributed by atoms with E-state index < -0.39 is 0 Å². The lowest BCUT2D eigenvalue weighted by atomic mass is 10.2. The van der Waals surface area contributed by atoms with E-state index in [0.29, 0.717) is 6.04 Å². The molecule has 4 heteroatoms. The van der Waals surface area contributed by atoms with Crippen molar-refractivity contribution in [3.8, 4) is 11.3 Å². The number of anilines is 1. The third kappa shape index (κ3) is 2.53. The first-order chi connectivity index (χ1) is 7.25. The van der Waals surface area contributed by atoms with E-state index >= 15 is 0 Å². The van der Waals surface area contributed by atoms with Gasteiger partial charge < -0.3 is 5.32 Å². The molecule has 0 radical (unpaired) electrons. The van der Waals surface area contributed by atoms with Crippen LogP contribution in [0, 0.1) is 0 Å². The second-order valence-corrected chi connectivity index (χ2v) is 4.38. The van der Waals surface area contributed by atoms with Crippen molar-refractivity contribution < 1.29 is 0 Å². The molecule has 2 aromatic heterocycles. The fraction of sp³-hybridized carbons (Fsp3) is 0.273. The molecule has 0 fully saturated rings. The Morgan fingerprint density at radius 1 is 1.33 bits per heavy atom. The number of aromatic nitrogens is 2. The maximum atomic E-state index is 4.24. The zero-order valence-electron chi connectivity index (χ0n) is 8.77. The summed E-state index contributed by atoms with van der Waals surface area (Å²) in [5.41, 5.74) is 2.11. The molecule has 3 nitrogen and oxygen atoms in total. The lowest BCUT2D eigenvalue weighted by Crippen LogP contribution is -2.11. The average Bonchev–Trinajstić information content (AvgIpc) is 2.69. The van der Waals surface area contributed by atoms with Crippen LogP contribution >= 0.6 is 11.3 Å². The zero-order chi connectivity index (χ0) is 10.7. The monoisotopic (exact) mass is 219 g/mol. The maximum absolute atomic E-state index is 4.24.